The van der Waals surface area contributed by atoms with Crippen LogP contribution in [0.3, 0.4) is 0 Å². The summed E-state index contributed by atoms with van der Waals surface area (Å²) >= 11 is 6.02. The second-order valence-corrected chi connectivity index (χ2v) is 5.54. The summed E-state index contributed by atoms with van der Waals surface area (Å²) in [5, 5.41) is 0.676. The summed E-state index contributed by atoms with van der Waals surface area (Å²) in [6.07, 6.45) is 3.74. The molecule has 94 valence electrons. The van der Waals surface area contributed by atoms with Gasteiger partial charge in [0.05, 0.1) is 10.7 Å². The summed E-state index contributed by atoms with van der Waals surface area (Å²) in [6, 6.07) is 5.97. The molecule has 2 N–H and O–H groups in total. The molecule has 0 unspecified atom stereocenters. The van der Waals surface area contributed by atoms with Crippen LogP contribution >= 0.6 is 11.6 Å². The summed E-state index contributed by atoms with van der Waals surface area (Å²) in [5.74, 6) is 0.900. The largest absolute Gasteiger partial charge is 0.398 e. The third-order valence-corrected chi connectivity index (χ3v) is 3.99. The molecule has 0 spiro atoms. The van der Waals surface area contributed by atoms with E-state index in [1.54, 1.807) is 0 Å². The van der Waals surface area contributed by atoms with E-state index in [-0.39, 0.29) is 0 Å². The quantitative estimate of drug-likeness (QED) is 0.838. The molecule has 1 aliphatic heterocycles. The topological polar surface area (TPSA) is 29.3 Å². The smallest absolute Gasteiger partial charge is 0.0638 e. The van der Waals surface area contributed by atoms with E-state index >= 15 is 0 Å². The zero-order valence-corrected chi connectivity index (χ0v) is 11.2. The first kappa shape index (κ1) is 12.7. The molecule has 0 radical (unpaired) electrons. The number of nitrogens with two attached hydrogens (primary N) is 1. The van der Waals surface area contributed by atoms with E-state index in [1.165, 1.54) is 31.5 Å². The van der Waals surface area contributed by atoms with E-state index in [1.807, 2.05) is 12.1 Å². The van der Waals surface area contributed by atoms with Gasteiger partial charge >= 0.3 is 0 Å². The van der Waals surface area contributed by atoms with Crippen molar-refractivity contribution in [3.8, 4) is 0 Å². The number of likely N-dealkylation sites (tertiary alicyclic amines) is 1. The fourth-order valence-electron chi connectivity index (χ4n) is 2.30. The molecule has 0 atom stereocenters. The molecule has 17 heavy (non-hydrogen) atoms. The van der Waals surface area contributed by atoms with Crippen molar-refractivity contribution >= 4 is 17.3 Å². The van der Waals surface area contributed by atoms with Crippen molar-refractivity contribution in [3.63, 3.8) is 0 Å². The van der Waals surface area contributed by atoms with Gasteiger partial charge in [-0.1, -0.05) is 24.6 Å². The first-order chi connectivity index (χ1) is 8.15. The SMILES string of the molecule is CC1CCN(CCc2ccc(N)c(Cl)c2)CC1. The van der Waals surface area contributed by atoms with Gasteiger partial charge in [-0.05, 0) is 56.0 Å². The number of nitrogens with zero attached hydrogens (tertiary/aromatic N) is 1. The normalized spacial score (nSPS) is 18.5. The molecule has 2 rings (SSSR count). The highest BCUT2D eigenvalue weighted by atomic mass is 35.5. The van der Waals surface area contributed by atoms with Crippen molar-refractivity contribution < 1.29 is 0 Å². The molecule has 0 saturated carbocycles. The molecule has 3 heteroatoms. The Labute approximate surface area is 109 Å². The number of benzene rings is 1. The van der Waals surface area contributed by atoms with Crippen LogP contribution in [0, 0.1) is 5.92 Å². The Morgan fingerprint density at radius 3 is 2.71 bits per heavy atom. The lowest BCUT2D eigenvalue weighted by Crippen LogP contribution is -2.34. The van der Waals surface area contributed by atoms with E-state index < -0.39 is 0 Å². The van der Waals surface area contributed by atoms with Crippen LogP contribution < -0.4 is 5.73 Å². The zero-order chi connectivity index (χ0) is 12.3. The summed E-state index contributed by atoms with van der Waals surface area (Å²) in [6.45, 7) is 5.96. The van der Waals surface area contributed by atoms with E-state index in [4.69, 9.17) is 17.3 Å². The Morgan fingerprint density at radius 2 is 2.06 bits per heavy atom. The standard InChI is InChI=1S/C14H21ClN2/c1-11-4-7-17(8-5-11)9-6-12-2-3-14(16)13(15)10-12/h2-3,10-11H,4-9,16H2,1H3. The Bertz CT molecular complexity index is 370. The number of rotatable bonds is 3. The van der Waals surface area contributed by atoms with Gasteiger partial charge in [-0.25, -0.2) is 0 Å². The van der Waals surface area contributed by atoms with Gasteiger partial charge in [-0.15, -0.1) is 0 Å². The second-order valence-electron chi connectivity index (χ2n) is 5.13. The maximum absolute atomic E-state index is 6.02. The highest BCUT2D eigenvalue weighted by molar-refractivity contribution is 6.33. The molecular formula is C14H21ClN2. The minimum absolute atomic E-state index is 0.669. The molecule has 0 aromatic heterocycles. The van der Waals surface area contributed by atoms with Gasteiger partial charge in [0.25, 0.3) is 0 Å². The summed E-state index contributed by atoms with van der Waals surface area (Å²) in [5.41, 5.74) is 7.65. The van der Waals surface area contributed by atoms with Gasteiger partial charge < -0.3 is 10.6 Å². The zero-order valence-electron chi connectivity index (χ0n) is 10.5. The number of piperidine rings is 1. The Morgan fingerprint density at radius 1 is 1.35 bits per heavy atom. The maximum atomic E-state index is 6.02. The fraction of sp³-hybridized carbons (Fsp3) is 0.571. The predicted molar refractivity (Wildman–Crippen MR) is 74.4 cm³/mol. The lowest BCUT2D eigenvalue weighted by Gasteiger charge is -2.30. The van der Waals surface area contributed by atoms with Crippen LogP contribution in [0.25, 0.3) is 0 Å². The van der Waals surface area contributed by atoms with Gasteiger partial charge in [0.2, 0.25) is 0 Å². The van der Waals surface area contributed by atoms with Gasteiger partial charge in [-0.2, -0.15) is 0 Å². The predicted octanol–water partition coefficient (Wildman–Crippen LogP) is 3.20. The van der Waals surface area contributed by atoms with Crippen molar-refractivity contribution in [3.05, 3.63) is 28.8 Å². The molecule has 2 nitrogen and oxygen atoms in total. The van der Waals surface area contributed by atoms with Crippen LogP contribution in [-0.4, -0.2) is 24.5 Å². The van der Waals surface area contributed by atoms with Crippen LogP contribution in [0.1, 0.15) is 25.3 Å². The Hall–Kier alpha value is -0.730. The number of hydrogen-bond donors (Lipinski definition) is 1. The molecule has 0 bridgehead atoms. The number of anilines is 1. The number of hydrogen-bond acceptors (Lipinski definition) is 2. The number of nitrogen functional groups attached to an aromatic ring is 1. The van der Waals surface area contributed by atoms with Crippen molar-refractivity contribution in [1.29, 1.82) is 0 Å². The molecule has 1 aromatic carbocycles. The molecule has 1 aromatic rings. The molecule has 1 saturated heterocycles. The highest BCUT2D eigenvalue weighted by Crippen LogP contribution is 2.21. The van der Waals surface area contributed by atoms with Crippen molar-refractivity contribution in [2.75, 3.05) is 25.4 Å². The van der Waals surface area contributed by atoms with Crippen LogP contribution in [-0.2, 0) is 6.42 Å². The summed E-state index contributed by atoms with van der Waals surface area (Å²) < 4.78 is 0. The van der Waals surface area contributed by atoms with Gasteiger partial charge in [0, 0.05) is 6.54 Å². The molecular weight excluding hydrogens is 232 g/mol. The lowest BCUT2D eigenvalue weighted by molar-refractivity contribution is 0.194. The molecule has 0 amide bonds. The minimum atomic E-state index is 0.669. The van der Waals surface area contributed by atoms with Crippen LogP contribution in [0.15, 0.2) is 18.2 Å². The first-order valence-electron chi connectivity index (χ1n) is 6.41. The summed E-state index contributed by atoms with van der Waals surface area (Å²) in [4.78, 5) is 2.55. The summed E-state index contributed by atoms with van der Waals surface area (Å²) in [7, 11) is 0. The van der Waals surface area contributed by atoms with Crippen LogP contribution in [0.2, 0.25) is 5.02 Å². The fourth-order valence-corrected chi connectivity index (χ4v) is 2.50. The van der Waals surface area contributed by atoms with Gasteiger partial charge in [0.15, 0.2) is 0 Å². The van der Waals surface area contributed by atoms with Crippen molar-refractivity contribution in [2.24, 2.45) is 5.92 Å². The monoisotopic (exact) mass is 252 g/mol. The lowest BCUT2D eigenvalue weighted by atomic mass is 9.99. The van der Waals surface area contributed by atoms with Crippen LogP contribution in [0.5, 0.6) is 0 Å². The third kappa shape index (κ3) is 3.62. The van der Waals surface area contributed by atoms with Gasteiger partial charge in [0.1, 0.15) is 0 Å². The molecule has 1 fully saturated rings. The molecule has 1 aliphatic rings. The number of halogens is 1. The minimum Gasteiger partial charge on any atom is -0.398 e. The van der Waals surface area contributed by atoms with Gasteiger partial charge in [-0.3, -0.25) is 0 Å². The Balaban J connectivity index is 1.83. The van der Waals surface area contributed by atoms with E-state index in [0.717, 1.165) is 18.9 Å². The van der Waals surface area contributed by atoms with Crippen molar-refractivity contribution in [1.82, 2.24) is 4.90 Å². The van der Waals surface area contributed by atoms with Crippen molar-refractivity contribution in [2.45, 2.75) is 26.2 Å². The average molecular weight is 253 g/mol. The molecule has 0 aliphatic carbocycles. The maximum Gasteiger partial charge on any atom is 0.0638 e. The second kappa shape index (κ2) is 5.74. The third-order valence-electron chi connectivity index (χ3n) is 3.66. The average Bonchev–Trinajstić information content (AvgIpc) is 2.33. The molecule has 1 heterocycles. The van der Waals surface area contributed by atoms with E-state index in [9.17, 15) is 0 Å². The highest BCUT2D eigenvalue weighted by Gasteiger charge is 2.15. The van der Waals surface area contributed by atoms with E-state index in [0.29, 0.717) is 10.7 Å². The van der Waals surface area contributed by atoms with Crippen LogP contribution in [0.4, 0.5) is 5.69 Å². The van der Waals surface area contributed by atoms with E-state index in [2.05, 4.69) is 17.9 Å². The Kier molecular flexibility index (Phi) is 4.30. The first-order valence-corrected chi connectivity index (χ1v) is 6.79.